The molecule has 1 aliphatic heterocycles. The van der Waals surface area contributed by atoms with E-state index < -0.39 is 9.84 Å². The molecule has 1 N–H and O–H groups in total. The second-order valence-corrected chi connectivity index (χ2v) is 7.75. The third-order valence-electron chi connectivity index (χ3n) is 4.02. The van der Waals surface area contributed by atoms with Gasteiger partial charge >= 0.3 is 0 Å². The van der Waals surface area contributed by atoms with Gasteiger partial charge in [0.05, 0.1) is 11.5 Å². The molecule has 0 unspecified atom stereocenters. The van der Waals surface area contributed by atoms with Crippen LogP contribution in [0.4, 0.5) is 0 Å². The molecule has 0 atom stereocenters. The van der Waals surface area contributed by atoms with Crippen LogP contribution in [0.2, 0.25) is 0 Å². The predicted molar refractivity (Wildman–Crippen MR) is 82.5 cm³/mol. The Morgan fingerprint density at radius 2 is 1.70 bits per heavy atom. The zero-order valence-electron chi connectivity index (χ0n) is 11.4. The second kappa shape index (κ2) is 5.54. The molecular formula is C16H19NO2S. The van der Waals surface area contributed by atoms with Crippen LogP contribution in [0.15, 0.2) is 42.5 Å². The van der Waals surface area contributed by atoms with Crippen molar-refractivity contribution in [3.8, 4) is 0 Å². The molecule has 20 heavy (non-hydrogen) atoms. The Morgan fingerprint density at radius 3 is 2.50 bits per heavy atom. The number of hydrogen-bond acceptors (Lipinski definition) is 3. The fraction of sp³-hybridized carbons (Fsp3) is 0.375. The number of nitrogens with one attached hydrogen (secondary N) is 1. The lowest BCUT2D eigenvalue weighted by molar-refractivity contribution is 0.464. The predicted octanol–water partition coefficient (Wildman–Crippen LogP) is 2.51. The molecule has 0 amide bonds. The van der Waals surface area contributed by atoms with Gasteiger partial charge in [0.1, 0.15) is 9.84 Å². The first-order valence-electron chi connectivity index (χ1n) is 7.04. The van der Waals surface area contributed by atoms with Crippen LogP contribution in [0.1, 0.15) is 18.4 Å². The number of sulfone groups is 1. The van der Waals surface area contributed by atoms with Gasteiger partial charge in [0.25, 0.3) is 0 Å². The molecule has 0 bridgehead atoms. The van der Waals surface area contributed by atoms with Crippen molar-refractivity contribution >= 4 is 20.6 Å². The molecule has 2 aromatic rings. The van der Waals surface area contributed by atoms with E-state index >= 15 is 0 Å². The maximum atomic E-state index is 11.4. The van der Waals surface area contributed by atoms with E-state index in [1.165, 1.54) is 16.3 Å². The van der Waals surface area contributed by atoms with Crippen LogP contribution in [-0.4, -0.2) is 26.0 Å². The minimum Gasteiger partial charge on any atom is -0.310 e. The second-order valence-electron chi connectivity index (χ2n) is 5.45. The summed E-state index contributed by atoms with van der Waals surface area (Å²) in [6.45, 7) is 0.798. The van der Waals surface area contributed by atoms with Gasteiger partial charge in [0.15, 0.2) is 0 Å². The molecule has 1 heterocycles. The van der Waals surface area contributed by atoms with E-state index in [4.69, 9.17) is 0 Å². The van der Waals surface area contributed by atoms with E-state index in [0.717, 1.165) is 19.4 Å². The summed E-state index contributed by atoms with van der Waals surface area (Å²) in [6, 6.07) is 15.0. The fourth-order valence-electron chi connectivity index (χ4n) is 2.80. The summed E-state index contributed by atoms with van der Waals surface area (Å²) in [5, 5.41) is 6.02. The van der Waals surface area contributed by atoms with Gasteiger partial charge in [-0.05, 0) is 29.2 Å². The molecule has 0 radical (unpaired) electrons. The maximum Gasteiger partial charge on any atom is 0.150 e. The Morgan fingerprint density at radius 1 is 1.00 bits per heavy atom. The largest absolute Gasteiger partial charge is 0.310 e. The number of benzene rings is 2. The molecule has 0 aromatic heterocycles. The van der Waals surface area contributed by atoms with Crippen molar-refractivity contribution in [1.29, 1.82) is 0 Å². The van der Waals surface area contributed by atoms with Crippen molar-refractivity contribution in [3.63, 3.8) is 0 Å². The zero-order valence-corrected chi connectivity index (χ0v) is 12.2. The lowest BCUT2D eigenvalue weighted by Gasteiger charge is -2.23. The van der Waals surface area contributed by atoms with Gasteiger partial charge in [0.2, 0.25) is 0 Å². The molecule has 3 nitrogen and oxygen atoms in total. The van der Waals surface area contributed by atoms with Crippen LogP contribution in [0.25, 0.3) is 10.8 Å². The molecule has 3 rings (SSSR count). The normalized spacial score (nSPS) is 19.2. The van der Waals surface area contributed by atoms with Gasteiger partial charge in [0, 0.05) is 12.6 Å². The Labute approximate surface area is 119 Å². The first-order valence-corrected chi connectivity index (χ1v) is 8.87. The molecule has 106 valence electrons. The van der Waals surface area contributed by atoms with Crippen LogP contribution in [-0.2, 0) is 16.4 Å². The van der Waals surface area contributed by atoms with Crippen LogP contribution >= 0.6 is 0 Å². The third-order valence-corrected chi connectivity index (χ3v) is 5.73. The van der Waals surface area contributed by atoms with Crippen molar-refractivity contribution in [2.45, 2.75) is 25.4 Å². The number of hydrogen-bond donors (Lipinski definition) is 1. The molecule has 1 saturated heterocycles. The van der Waals surface area contributed by atoms with E-state index in [1.54, 1.807) is 0 Å². The van der Waals surface area contributed by atoms with Gasteiger partial charge in [-0.1, -0.05) is 42.5 Å². The van der Waals surface area contributed by atoms with Crippen molar-refractivity contribution in [2.24, 2.45) is 0 Å². The monoisotopic (exact) mass is 289 g/mol. The summed E-state index contributed by atoms with van der Waals surface area (Å²) < 4.78 is 22.8. The Kier molecular flexibility index (Phi) is 3.76. The highest BCUT2D eigenvalue weighted by Crippen LogP contribution is 2.19. The molecule has 1 aliphatic rings. The van der Waals surface area contributed by atoms with Gasteiger partial charge in [-0.3, -0.25) is 0 Å². The minimum atomic E-state index is -2.77. The summed E-state index contributed by atoms with van der Waals surface area (Å²) in [5.41, 5.74) is 1.27. The summed E-state index contributed by atoms with van der Waals surface area (Å²) in [5.74, 6) is 0.639. The molecule has 1 fully saturated rings. The van der Waals surface area contributed by atoms with Gasteiger partial charge in [-0.15, -0.1) is 0 Å². The van der Waals surface area contributed by atoms with Crippen molar-refractivity contribution < 1.29 is 8.42 Å². The molecule has 4 heteroatoms. The summed E-state index contributed by atoms with van der Waals surface area (Å²) in [7, 11) is -2.77. The molecule has 0 spiro atoms. The lowest BCUT2D eigenvalue weighted by Crippen LogP contribution is -2.37. The standard InChI is InChI=1S/C16H19NO2S/c18-20(19)10-8-15(9-11-20)17-12-14-6-3-5-13-4-1-2-7-16(13)14/h1-7,15,17H,8-12H2. The number of rotatable bonds is 3. The van der Waals surface area contributed by atoms with Crippen molar-refractivity contribution in [3.05, 3.63) is 48.0 Å². The average molecular weight is 289 g/mol. The summed E-state index contributed by atoms with van der Waals surface area (Å²) in [6.07, 6.45) is 1.46. The molecule has 0 saturated carbocycles. The zero-order chi connectivity index (χ0) is 14.0. The molecule has 2 aromatic carbocycles. The average Bonchev–Trinajstić information content (AvgIpc) is 2.46. The van der Waals surface area contributed by atoms with E-state index in [0.29, 0.717) is 17.5 Å². The minimum absolute atomic E-state index is 0.317. The van der Waals surface area contributed by atoms with Crippen LogP contribution < -0.4 is 5.32 Å². The van der Waals surface area contributed by atoms with E-state index in [1.807, 2.05) is 6.07 Å². The van der Waals surface area contributed by atoms with E-state index in [2.05, 4.69) is 41.7 Å². The quantitative estimate of drug-likeness (QED) is 0.944. The summed E-state index contributed by atoms with van der Waals surface area (Å²) >= 11 is 0. The highest BCUT2D eigenvalue weighted by molar-refractivity contribution is 7.91. The molecule has 0 aliphatic carbocycles. The highest BCUT2D eigenvalue weighted by Gasteiger charge is 2.23. The summed E-state index contributed by atoms with van der Waals surface area (Å²) in [4.78, 5) is 0. The highest BCUT2D eigenvalue weighted by atomic mass is 32.2. The first-order chi connectivity index (χ1) is 9.64. The van der Waals surface area contributed by atoms with E-state index in [-0.39, 0.29) is 0 Å². The molecular weight excluding hydrogens is 270 g/mol. The number of fused-ring (bicyclic) bond motifs is 1. The Hall–Kier alpha value is -1.39. The van der Waals surface area contributed by atoms with E-state index in [9.17, 15) is 8.42 Å². The van der Waals surface area contributed by atoms with Crippen molar-refractivity contribution in [1.82, 2.24) is 5.32 Å². The fourth-order valence-corrected chi connectivity index (χ4v) is 4.29. The van der Waals surface area contributed by atoms with Crippen LogP contribution in [0.5, 0.6) is 0 Å². The maximum absolute atomic E-state index is 11.4. The lowest BCUT2D eigenvalue weighted by atomic mass is 10.0. The smallest absolute Gasteiger partial charge is 0.150 e. The van der Waals surface area contributed by atoms with Gasteiger partial charge in [-0.2, -0.15) is 0 Å². The first kappa shape index (κ1) is 13.6. The van der Waals surface area contributed by atoms with Crippen molar-refractivity contribution in [2.75, 3.05) is 11.5 Å². The Bertz CT molecular complexity index is 690. The Balaban J connectivity index is 1.69. The third kappa shape index (κ3) is 3.02. The van der Waals surface area contributed by atoms with Crippen LogP contribution in [0.3, 0.4) is 0 Å². The van der Waals surface area contributed by atoms with Gasteiger partial charge < -0.3 is 5.32 Å². The topological polar surface area (TPSA) is 46.2 Å². The van der Waals surface area contributed by atoms with Gasteiger partial charge in [-0.25, -0.2) is 8.42 Å². The van der Waals surface area contributed by atoms with Crippen LogP contribution in [0, 0.1) is 0 Å². The SMILES string of the molecule is O=S1(=O)CCC(NCc2cccc3ccccc23)CC1.